The summed E-state index contributed by atoms with van der Waals surface area (Å²) in [6.45, 7) is 7.68. The van der Waals surface area contributed by atoms with Crippen LogP contribution in [0.2, 0.25) is 0 Å². The zero-order chi connectivity index (χ0) is 11.2. The molecule has 0 aromatic carbocycles. The maximum Gasteiger partial charge on any atom is 0.225 e. The Morgan fingerprint density at radius 1 is 1.21 bits per heavy atom. The largest absolute Gasteiger partial charge is 0.356 e. The van der Waals surface area contributed by atoms with E-state index in [9.17, 15) is 4.79 Å². The minimum absolute atomic E-state index is 0.141. The summed E-state index contributed by atoms with van der Waals surface area (Å²) in [7, 11) is 4.13. The number of carbonyl (C=O) groups excluding carboxylic acids is 1. The fraction of sp³-hybridized carbons (Fsp3) is 0.909. The number of nitrogens with one attached hydrogen (secondary N) is 1. The Morgan fingerprint density at radius 2 is 1.79 bits per heavy atom. The summed E-state index contributed by atoms with van der Waals surface area (Å²) in [4.78, 5) is 13.6. The van der Waals surface area contributed by atoms with Crippen molar-refractivity contribution in [1.29, 1.82) is 0 Å². The van der Waals surface area contributed by atoms with Gasteiger partial charge < -0.3 is 10.2 Å². The molecule has 0 fully saturated rings. The van der Waals surface area contributed by atoms with Gasteiger partial charge in [0.2, 0.25) is 5.91 Å². The molecular weight excluding hydrogens is 176 g/mol. The standard InChI is InChI=1S/C11H24N2O/c1-11(2,3)10(14)12-8-6-7-9-13(4)5/h6-9H2,1-5H3,(H,12,14). The zero-order valence-corrected chi connectivity index (χ0v) is 10.2. The van der Waals surface area contributed by atoms with E-state index in [-0.39, 0.29) is 11.3 Å². The first-order chi connectivity index (χ1) is 6.34. The molecule has 0 aliphatic rings. The molecule has 0 radical (unpaired) electrons. The topological polar surface area (TPSA) is 32.3 Å². The molecular formula is C11H24N2O. The van der Waals surface area contributed by atoms with E-state index < -0.39 is 0 Å². The summed E-state index contributed by atoms with van der Waals surface area (Å²) in [6.07, 6.45) is 2.19. The van der Waals surface area contributed by atoms with Crippen molar-refractivity contribution in [2.45, 2.75) is 33.6 Å². The molecule has 0 saturated carbocycles. The molecule has 0 aromatic heterocycles. The Morgan fingerprint density at radius 3 is 2.21 bits per heavy atom. The fourth-order valence-corrected chi connectivity index (χ4v) is 1.02. The van der Waals surface area contributed by atoms with E-state index in [1.807, 2.05) is 20.8 Å². The van der Waals surface area contributed by atoms with Crippen molar-refractivity contribution in [1.82, 2.24) is 10.2 Å². The first kappa shape index (κ1) is 13.4. The van der Waals surface area contributed by atoms with Crippen molar-refractivity contribution in [2.75, 3.05) is 27.2 Å². The molecule has 0 bridgehead atoms. The van der Waals surface area contributed by atoms with E-state index in [0.717, 1.165) is 25.9 Å². The van der Waals surface area contributed by atoms with Gasteiger partial charge in [-0.2, -0.15) is 0 Å². The average molecular weight is 200 g/mol. The molecule has 0 spiro atoms. The van der Waals surface area contributed by atoms with Gasteiger partial charge in [-0.25, -0.2) is 0 Å². The summed E-state index contributed by atoms with van der Waals surface area (Å²) in [6, 6.07) is 0. The Labute approximate surface area is 87.9 Å². The van der Waals surface area contributed by atoms with Gasteiger partial charge in [0.05, 0.1) is 0 Å². The lowest BCUT2D eigenvalue weighted by Gasteiger charge is -2.17. The molecule has 0 aliphatic heterocycles. The normalized spacial score (nSPS) is 11.9. The van der Waals surface area contributed by atoms with Crippen molar-refractivity contribution < 1.29 is 4.79 Å². The summed E-state index contributed by atoms with van der Waals surface area (Å²) in [5.41, 5.74) is -0.262. The maximum absolute atomic E-state index is 11.4. The first-order valence-electron chi connectivity index (χ1n) is 5.27. The Bertz CT molecular complexity index is 171. The third-order valence-electron chi connectivity index (χ3n) is 2.00. The average Bonchev–Trinajstić information content (AvgIpc) is 2.01. The van der Waals surface area contributed by atoms with Gasteiger partial charge in [0.1, 0.15) is 0 Å². The third kappa shape index (κ3) is 6.89. The Balaban J connectivity index is 3.42. The van der Waals surface area contributed by atoms with Crippen LogP contribution in [0.25, 0.3) is 0 Å². The van der Waals surface area contributed by atoms with Crippen LogP contribution < -0.4 is 5.32 Å². The number of rotatable bonds is 5. The first-order valence-corrected chi connectivity index (χ1v) is 5.27. The lowest BCUT2D eigenvalue weighted by atomic mass is 9.96. The molecule has 1 amide bonds. The highest BCUT2D eigenvalue weighted by atomic mass is 16.2. The highest BCUT2D eigenvalue weighted by Crippen LogP contribution is 2.12. The van der Waals surface area contributed by atoms with E-state index in [1.54, 1.807) is 0 Å². The van der Waals surface area contributed by atoms with Crippen molar-refractivity contribution in [3.05, 3.63) is 0 Å². The van der Waals surface area contributed by atoms with Gasteiger partial charge in [-0.3, -0.25) is 4.79 Å². The molecule has 0 rings (SSSR count). The monoisotopic (exact) mass is 200 g/mol. The molecule has 0 saturated heterocycles. The SMILES string of the molecule is CN(C)CCCCNC(=O)C(C)(C)C. The van der Waals surface area contributed by atoms with Gasteiger partial charge in [-0.05, 0) is 33.5 Å². The van der Waals surface area contributed by atoms with Crippen LogP contribution in [0.1, 0.15) is 33.6 Å². The molecule has 84 valence electrons. The molecule has 14 heavy (non-hydrogen) atoms. The number of amides is 1. The zero-order valence-electron chi connectivity index (χ0n) is 10.2. The second-order valence-corrected chi connectivity index (χ2v) is 5.02. The summed E-state index contributed by atoms with van der Waals surface area (Å²) < 4.78 is 0. The molecule has 0 unspecified atom stereocenters. The number of nitrogens with zero attached hydrogens (tertiary/aromatic N) is 1. The third-order valence-corrected chi connectivity index (χ3v) is 2.00. The molecule has 0 aromatic rings. The van der Waals surface area contributed by atoms with Crippen molar-refractivity contribution in [2.24, 2.45) is 5.41 Å². The smallest absolute Gasteiger partial charge is 0.225 e. The molecule has 0 atom stereocenters. The van der Waals surface area contributed by atoms with Gasteiger partial charge >= 0.3 is 0 Å². The fourth-order valence-electron chi connectivity index (χ4n) is 1.02. The van der Waals surface area contributed by atoms with Gasteiger partial charge in [0, 0.05) is 12.0 Å². The second kappa shape index (κ2) is 6.02. The van der Waals surface area contributed by atoms with Crippen molar-refractivity contribution in [3.8, 4) is 0 Å². The summed E-state index contributed by atoms with van der Waals surface area (Å²) >= 11 is 0. The van der Waals surface area contributed by atoms with Gasteiger partial charge in [-0.15, -0.1) is 0 Å². The summed E-state index contributed by atoms with van der Waals surface area (Å²) in [5, 5.41) is 2.94. The van der Waals surface area contributed by atoms with Crippen LogP contribution in [0.5, 0.6) is 0 Å². The number of hydrogen-bond donors (Lipinski definition) is 1. The quantitative estimate of drug-likeness (QED) is 0.682. The van der Waals surface area contributed by atoms with Crippen LogP contribution in [0.4, 0.5) is 0 Å². The lowest BCUT2D eigenvalue weighted by Crippen LogP contribution is -2.35. The Hall–Kier alpha value is -0.570. The highest BCUT2D eigenvalue weighted by Gasteiger charge is 2.19. The van der Waals surface area contributed by atoms with Crippen LogP contribution in [0.3, 0.4) is 0 Å². The minimum atomic E-state index is -0.262. The predicted octanol–water partition coefficient (Wildman–Crippen LogP) is 1.49. The number of unbranched alkanes of at least 4 members (excludes halogenated alkanes) is 1. The van der Waals surface area contributed by atoms with E-state index in [4.69, 9.17) is 0 Å². The van der Waals surface area contributed by atoms with E-state index in [2.05, 4.69) is 24.3 Å². The van der Waals surface area contributed by atoms with E-state index in [1.165, 1.54) is 0 Å². The van der Waals surface area contributed by atoms with Crippen molar-refractivity contribution >= 4 is 5.91 Å². The lowest BCUT2D eigenvalue weighted by molar-refractivity contribution is -0.128. The molecule has 3 heteroatoms. The van der Waals surface area contributed by atoms with Gasteiger partial charge in [0.25, 0.3) is 0 Å². The predicted molar refractivity (Wildman–Crippen MR) is 60.3 cm³/mol. The van der Waals surface area contributed by atoms with Crippen LogP contribution in [-0.4, -0.2) is 38.0 Å². The Kier molecular flexibility index (Phi) is 5.77. The van der Waals surface area contributed by atoms with E-state index >= 15 is 0 Å². The van der Waals surface area contributed by atoms with Gasteiger partial charge in [0.15, 0.2) is 0 Å². The number of carbonyl (C=O) groups is 1. The molecule has 3 nitrogen and oxygen atoms in total. The van der Waals surface area contributed by atoms with Gasteiger partial charge in [-0.1, -0.05) is 20.8 Å². The maximum atomic E-state index is 11.4. The highest BCUT2D eigenvalue weighted by molar-refractivity contribution is 5.81. The number of hydrogen-bond acceptors (Lipinski definition) is 2. The second-order valence-electron chi connectivity index (χ2n) is 5.02. The van der Waals surface area contributed by atoms with E-state index in [0.29, 0.717) is 0 Å². The molecule has 1 N–H and O–H groups in total. The minimum Gasteiger partial charge on any atom is -0.356 e. The van der Waals surface area contributed by atoms with Crippen LogP contribution in [0, 0.1) is 5.41 Å². The van der Waals surface area contributed by atoms with Crippen molar-refractivity contribution in [3.63, 3.8) is 0 Å². The molecule has 0 heterocycles. The molecule has 0 aliphatic carbocycles. The summed E-state index contributed by atoms with van der Waals surface area (Å²) in [5.74, 6) is 0.141. The van der Waals surface area contributed by atoms with Crippen LogP contribution in [0.15, 0.2) is 0 Å². The van der Waals surface area contributed by atoms with Crippen LogP contribution in [-0.2, 0) is 4.79 Å². The van der Waals surface area contributed by atoms with Crippen LogP contribution >= 0.6 is 0 Å².